The normalized spacial score (nSPS) is 11.9. The second-order valence-corrected chi connectivity index (χ2v) is 9.77. The SMILES string of the molecule is CC(C)CNC(=O)[C@H](C)N(Cc1ccc(Br)cc1)C(=O)CCSCc1ccccc1. The third kappa shape index (κ3) is 8.52. The summed E-state index contributed by atoms with van der Waals surface area (Å²) in [4.78, 5) is 27.4. The highest BCUT2D eigenvalue weighted by atomic mass is 79.9. The zero-order valence-electron chi connectivity index (χ0n) is 17.9. The van der Waals surface area contributed by atoms with Crippen LogP contribution in [0.2, 0.25) is 0 Å². The van der Waals surface area contributed by atoms with E-state index in [4.69, 9.17) is 0 Å². The van der Waals surface area contributed by atoms with Crippen molar-refractivity contribution in [2.45, 2.75) is 45.5 Å². The predicted octanol–water partition coefficient (Wildman–Crippen LogP) is 5.26. The van der Waals surface area contributed by atoms with Crippen molar-refractivity contribution in [3.05, 3.63) is 70.2 Å². The van der Waals surface area contributed by atoms with E-state index in [1.165, 1.54) is 5.56 Å². The van der Waals surface area contributed by atoms with Gasteiger partial charge >= 0.3 is 0 Å². The van der Waals surface area contributed by atoms with Crippen LogP contribution in [0.5, 0.6) is 0 Å². The van der Waals surface area contributed by atoms with Gasteiger partial charge in [-0.15, -0.1) is 0 Å². The minimum Gasteiger partial charge on any atom is -0.354 e. The molecule has 0 aliphatic carbocycles. The zero-order valence-corrected chi connectivity index (χ0v) is 20.3. The number of carbonyl (C=O) groups is 2. The molecule has 0 bridgehead atoms. The summed E-state index contributed by atoms with van der Waals surface area (Å²) >= 11 is 5.18. The fourth-order valence-electron chi connectivity index (χ4n) is 2.89. The summed E-state index contributed by atoms with van der Waals surface area (Å²) in [7, 11) is 0. The van der Waals surface area contributed by atoms with Crippen molar-refractivity contribution in [1.29, 1.82) is 0 Å². The lowest BCUT2D eigenvalue weighted by molar-refractivity contribution is -0.140. The standard InChI is InChI=1S/C24H31BrN2O2S/c1-18(2)15-26-24(29)19(3)27(16-20-9-11-22(25)12-10-20)23(28)13-14-30-17-21-7-5-4-6-8-21/h4-12,18-19H,13-17H2,1-3H3,(H,26,29)/t19-/m0/s1. The molecule has 0 spiro atoms. The van der Waals surface area contributed by atoms with Gasteiger partial charge in [-0.1, -0.05) is 72.2 Å². The Balaban J connectivity index is 1.98. The van der Waals surface area contributed by atoms with Crippen molar-refractivity contribution < 1.29 is 9.59 Å². The summed E-state index contributed by atoms with van der Waals surface area (Å²) in [6, 6.07) is 17.6. The van der Waals surface area contributed by atoms with Gasteiger partial charge in [0.05, 0.1) is 0 Å². The number of nitrogens with zero attached hydrogens (tertiary/aromatic N) is 1. The van der Waals surface area contributed by atoms with Crippen molar-refractivity contribution in [2.75, 3.05) is 12.3 Å². The number of hydrogen-bond acceptors (Lipinski definition) is 3. The monoisotopic (exact) mass is 490 g/mol. The molecule has 6 heteroatoms. The average Bonchev–Trinajstić information content (AvgIpc) is 2.74. The summed E-state index contributed by atoms with van der Waals surface area (Å²) in [5.74, 6) is 1.87. The Morgan fingerprint density at radius 2 is 1.67 bits per heavy atom. The van der Waals surface area contributed by atoms with Gasteiger partial charge in [0, 0.05) is 35.5 Å². The summed E-state index contributed by atoms with van der Waals surface area (Å²) in [6.45, 7) is 6.95. The van der Waals surface area contributed by atoms with Crippen LogP contribution in [-0.4, -0.2) is 35.1 Å². The van der Waals surface area contributed by atoms with E-state index in [1.807, 2.05) is 49.4 Å². The molecule has 162 valence electrons. The Labute approximate surface area is 192 Å². The molecule has 30 heavy (non-hydrogen) atoms. The highest BCUT2D eigenvalue weighted by Gasteiger charge is 2.25. The van der Waals surface area contributed by atoms with Crippen LogP contribution >= 0.6 is 27.7 Å². The van der Waals surface area contributed by atoms with Gasteiger partial charge < -0.3 is 10.2 Å². The molecule has 2 rings (SSSR count). The van der Waals surface area contributed by atoms with E-state index in [1.54, 1.807) is 16.7 Å². The molecule has 4 nitrogen and oxygen atoms in total. The highest BCUT2D eigenvalue weighted by Crippen LogP contribution is 2.17. The van der Waals surface area contributed by atoms with Crippen molar-refractivity contribution in [3.8, 4) is 0 Å². The second-order valence-electron chi connectivity index (χ2n) is 7.75. The predicted molar refractivity (Wildman–Crippen MR) is 129 cm³/mol. The lowest BCUT2D eigenvalue weighted by atomic mass is 10.1. The number of nitrogens with one attached hydrogen (secondary N) is 1. The second kappa shape index (κ2) is 12.8. The van der Waals surface area contributed by atoms with Gasteiger partial charge in [-0.25, -0.2) is 0 Å². The van der Waals surface area contributed by atoms with Gasteiger partial charge in [-0.2, -0.15) is 11.8 Å². The van der Waals surface area contributed by atoms with E-state index >= 15 is 0 Å². The first-order valence-corrected chi connectivity index (χ1v) is 12.2. The Hall–Kier alpha value is -1.79. The maximum Gasteiger partial charge on any atom is 0.242 e. The zero-order chi connectivity index (χ0) is 21.9. The van der Waals surface area contributed by atoms with E-state index in [0.717, 1.165) is 21.5 Å². The van der Waals surface area contributed by atoms with Crippen LogP contribution in [0, 0.1) is 5.92 Å². The molecule has 0 unspecified atom stereocenters. The minimum absolute atomic E-state index is 0.00526. The molecule has 2 aromatic rings. The van der Waals surface area contributed by atoms with Gasteiger partial charge in [-0.3, -0.25) is 9.59 Å². The number of carbonyl (C=O) groups excluding carboxylic acids is 2. The molecule has 0 aliphatic rings. The van der Waals surface area contributed by atoms with E-state index < -0.39 is 6.04 Å². The minimum atomic E-state index is -0.515. The topological polar surface area (TPSA) is 49.4 Å². The lowest BCUT2D eigenvalue weighted by Gasteiger charge is -2.29. The van der Waals surface area contributed by atoms with Crippen LogP contribution in [-0.2, 0) is 21.9 Å². The maximum absolute atomic E-state index is 13.0. The van der Waals surface area contributed by atoms with Gasteiger partial charge in [-0.05, 0) is 36.1 Å². The van der Waals surface area contributed by atoms with Gasteiger partial charge in [0.1, 0.15) is 6.04 Å². The van der Waals surface area contributed by atoms with Crippen LogP contribution in [0.3, 0.4) is 0 Å². The summed E-state index contributed by atoms with van der Waals surface area (Å²) in [6.07, 6.45) is 0.413. The highest BCUT2D eigenvalue weighted by molar-refractivity contribution is 9.10. The Bertz CT molecular complexity index is 797. The Kier molecular flexibility index (Phi) is 10.4. The quantitative estimate of drug-likeness (QED) is 0.436. The maximum atomic E-state index is 13.0. The first-order chi connectivity index (χ1) is 14.4. The molecular weight excluding hydrogens is 460 g/mol. The third-order valence-electron chi connectivity index (χ3n) is 4.69. The van der Waals surface area contributed by atoms with Crippen LogP contribution in [0.4, 0.5) is 0 Å². The number of rotatable bonds is 11. The smallest absolute Gasteiger partial charge is 0.242 e. The third-order valence-corrected chi connectivity index (χ3v) is 6.25. The molecule has 0 heterocycles. The van der Waals surface area contributed by atoms with Crippen LogP contribution in [0.15, 0.2) is 59.1 Å². The van der Waals surface area contributed by atoms with E-state index in [9.17, 15) is 9.59 Å². The molecule has 0 aromatic heterocycles. The van der Waals surface area contributed by atoms with Crippen LogP contribution in [0.1, 0.15) is 38.3 Å². The molecule has 0 aliphatic heterocycles. The van der Waals surface area contributed by atoms with Crippen molar-refractivity contribution in [1.82, 2.24) is 10.2 Å². The summed E-state index contributed by atoms with van der Waals surface area (Å²) in [5.41, 5.74) is 2.26. The molecule has 0 saturated heterocycles. The molecule has 2 amide bonds. The van der Waals surface area contributed by atoms with Crippen LogP contribution in [0.25, 0.3) is 0 Å². The van der Waals surface area contributed by atoms with Crippen molar-refractivity contribution >= 4 is 39.5 Å². The number of hydrogen-bond donors (Lipinski definition) is 1. The number of benzene rings is 2. The summed E-state index contributed by atoms with van der Waals surface area (Å²) in [5, 5.41) is 2.96. The van der Waals surface area contributed by atoms with Crippen molar-refractivity contribution in [2.24, 2.45) is 5.92 Å². The van der Waals surface area contributed by atoms with E-state index in [2.05, 4.69) is 47.2 Å². The van der Waals surface area contributed by atoms with Crippen molar-refractivity contribution in [3.63, 3.8) is 0 Å². The number of thioether (sulfide) groups is 1. The molecule has 2 aromatic carbocycles. The Morgan fingerprint density at radius 3 is 2.30 bits per heavy atom. The molecule has 1 atom stereocenters. The van der Waals surface area contributed by atoms with Gasteiger partial charge in [0.25, 0.3) is 0 Å². The first kappa shape index (κ1) is 24.5. The number of halogens is 1. The molecule has 0 fully saturated rings. The number of amides is 2. The molecule has 0 radical (unpaired) electrons. The van der Waals surface area contributed by atoms with Gasteiger partial charge in [0.15, 0.2) is 0 Å². The fraction of sp³-hybridized carbons (Fsp3) is 0.417. The average molecular weight is 491 g/mol. The molecular formula is C24H31BrN2O2S. The fourth-order valence-corrected chi connectivity index (χ4v) is 4.04. The van der Waals surface area contributed by atoms with Gasteiger partial charge in [0.2, 0.25) is 11.8 Å². The first-order valence-electron chi connectivity index (χ1n) is 10.3. The summed E-state index contributed by atoms with van der Waals surface area (Å²) < 4.78 is 0.990. The van der Waals surface area contributed by atoms with Crippen LogP contribution < -0.4 is 5.32 Å². The Morgan fingerprint density at radius 1 is 1.00 bits per heavy atom. The molecule has 0 saturated carbocycles. The molecule has 1 N–H and O–H groups in total. The lowest BCUT2D eigenvalue weighted by Crippen LogP contribution is -2.48. The van der Waals surface area contributed by atoms with E-state index in [-0.39, 0.29) is 11.8 Å². The largest absolute Gasteiger partial charge is 0.354 e. The van der Waals surface area contributed by atoms with E-state index in [0.29, 0.717) is 25.4 Å².